The Morgan fingerprint density at radius 2 is 2.26 bits per heavy atom. The molecule has 0 atom stereocenters. The van der Waals surface area contributed by atoms with Crippen LogP contribution in [0.25, 0.3) is 0 Å². The Balaban J connectivity index is 2.11. The third-order valence-electron chi connectivity index (χ3n) is 2.64. The van der Waals surface area contributed by atoms with Crippen molar-refractivity contribution in [3.63, 3.8) is 0 Å². The largest absolute Gasteiger partial charge is 0.444 e. The van der Waals surface area contributed by atoms with Gasteiger partial charge >= 0.3 is 0 Å². The molecule has 1 amide bonds. The molecule has 0 bridgehead atoms. The molecular weight excluding hydrogens is 332 g/mol. The molecule has 2 aromatic heterocycles. The summed E-state index contributed by atoms with van der Waals surface area (Å²) >= 11 is 8.93. The van der Waals surface area contributed by atoms with Crippen LogP contribution < -0.4 is 0 Å². The van der Waals surface area contributed by atoms with Gasteiger partial charge in [-0.25, -0.2) is 4.98 Å². The van der Waals surface area contributed by atoms with Gasteiger partial charge in [-0.1, -0.05) is 17.7 Å². The van der Waals surface area contributed by atoms with Crippen LogP contribution in [0.2, 0.25) is 5.15 Å². The van der Waals surface area contributed by atoms with Crippen LogP contribution in [-0.4, -0.2) is 22.8 Å². The van der Waals surface area contributed by atoms with E-state index in [0.717, 1.165) is 11.1 Å². The van der Waals surface area contributed by atoms with Crippen molar-refractivity contribution < 1.29 is 9.21 Å². The summed E-state index contributed by atoms with van der Waals surface area (Å²) in [6, 6.07) is 5.30. The lowest BCUT2D eigenvalue weighted by Crippen LogP contribution is -2.26. The van der Waals surface area contributed by atoms with Crippen LogP contribution in [0.5, 0.6) is 0 Å². The highest BCUT2D eigenvalue weighted by atomic mass is 79.9. The first kappa shape index (κ1) is 14.1. The highest BCUT2D eigenvalue weighted by Gasteiger charge is 2.19. The number of hydrogen-bond donors (Lipinski definition) is 0. The van der Waals surface area contributed by atoms with Crippen LogP contribution in [0, 0.1) is 6.92 Å². The highest BCUT2D eigenvalue weighted by Crippen LogP contribution is 2.21. The highest BCUT2D eigenvalue weighted by molar-refractivity contribution is 9.10. The van der Waals surface area contributed by atoms with Gasteiger partial charge in [-0.15, -0.1) is 0 Å². The number of furan rings is 1. The number of aryl methyl sites for hydroxylation is 1. The summed E-state index contributed by atoms with van der Waals surface area (Å²) in [6.45, 7) is 2.28. The molecule has 0 aliphatic rings. The summed E-state index contributed by atoms with van der Waals surface area (Å²) in [6.07, 6.45) is 1.65. The summed E-state index contributed by atoms with van der Waals surface area (Å²) in [7, 11) is 1.72. The van der Waals surface area contributed by atoms with Crippen LogP contribution in [0.3, 0.4) is 0 Å². The molecular formula is C13H12BrClN2O2. The van der Waals surface area contributed by atoms with Crippen LogP contribution in [0.15, 0.2) is 33.5 Å². The van der Waals surface area contributed by atoms with E-state index in [4.69, 9.17) is 16.0 Å². The van der Waals surface area contributed by atoms with Gasteiger partial charge in [0, 0.05) is 25.4 Å². The fraction of sp³-hybridized carbons (Fsp3) is 0.231. The van der Waals surface area contributed by atoms with Crippen molar-refractivity contribution in [1.82, 2.24) is 9.88 Å². The zero-order valence-electron chi connectivity index (χ0n) is 10.5. The van der Waals surface area contributed by atoms with E-state index in [-0.39, 0.29) is 5.91 Å². The molecule has 6 heteroatoms. The minimum Gasteiger partial charge on any atom is -0.444 e. The Morgan fingerprint density at radius 3 is 2.79 bits per heavy atom. The summed E-state index contributed by atoms with van der Waals surface area (Å²) in [4.78, 5) is 17.8. The van der Waals surface area contributed by atoms with Crippen LogP contribution >= 0.6 is 27.5 Å². The number of halogens is 2. The minimum atomic E-state index is -0.168. The molecule has 0 saturated carbocycles. The molecule has 0 aliphatic carbocycles. The topological polar surface area (TPSA) is 46.3 Å². The zero-order valence-corrected chi connectivity index (χ0v) is 12.8. The predicted molar refractivity (Wildman–Crippen MR) is 76.2 cm³/mol. The maximum Gasteiger partial charge on any atom is 0.289 e. The van der Waals surface area contributed by atoms with E-state index in [0.29, 0.717) is 22.1 Å². The molecule has 0 N–H and O–H groups in total. The first-order valence-electron chi connectivity index (χ1n) is 5.59. The van der Waals surface area contributed by atoms with Crippen molar-refractivity contribution in [3.8, 4) is 0 Å². The van der Waals surface area contributed by atoms with E-state index in [9.17, 15) is 4.79 Å². The van der Waals surface area contributed by atoms with Gasteiger partial charge in [0.15, 0.2) is 10.4 Å². The van der Waals surface area contributed by atoms with Gasteiger partial charge in [0.05, 0.1) is 0 Å². The number of carbonyl (C=O) groups excluding carboxylic acids is 1. The smallest absolute Gasteiger partial charge is 0.289 e. The lowest BCUT2D eigenvalue weighted by molar-refractivity contribution is 0.0751. The van der Waals surface area contributed by atoms with Crippen LogP contribution in [0.4, 0.5) is 0 Å². The lowest BCUT2D eigenvalue weighted by Gasteiger charge is -2.16. The van der Waals surface area contributed by atoms with Crippen molar-refractivity contribution in [1.29, 1.82) is 0 Å². The number of nitrogens with zero attached hydrogens (tertiary/aromatic N) is 2. The standard InChI is InChI=1S/C13H12BrClN2O2/c1-8-5-10(14)19-12(8)13(18)17(2)7-9-3-4-11(15)16-6-9/h3-6H,7H2,1-2H3. The summed E-state index contributed by atoms with van der Waals surface area (Å²) in [5.74, 6) is 0.175. The quantitative estimate of drug-likeness (QED) is 0.799. The van der Waals surface area contributed by atoms with E-state index in [1.54, 1.807) is 30.3 Å². The van der Waals surface area contributed by atoms with E-state index >= 15 is 0 Å². The first-order chi connectivity index (χ1) is 8.97. The Labute approximate surface area is 124 Å². The van der Waals surface area contributed by atoms with Gasteiger partial charge in [0.1, 0.15) is 5.15 Å². The molecule has 0 radical (unpaired) electrons. The molecule has 100 valence electrons. The number of amides is 1. The monoisotopic (exact) mass is 342 g/mol. The molecule has 0 aromatic carbocycles. The van der Waals surface area contributed by atoms with Gasteiger partial charge in [-0.05, 0) is 40.5 Å². The zero-order chi connectivity index (χ0) is 14.0. The maximum atomic E-state index is 12.2. The molecule has 0 aliphatic heterocycles. The third-order valence-corrected chi connectivity index (χ3v) is 3.25. The van der Waals surface area contributed by atoms with Gasteiger partial charge in [0.2, 0.25) is 0 Å². The number of hydrogen-bond acceptors (Lipinski definition) is 3. The Bertz CT molecular complexity index is 595. The summed E-state index contributed by atoms with van der Waals surface area (Å²) in [5.41, 5.74) is 1.71. The molecule has 0 fully saturated rings. The lowest BCUT2D eigenvalue weighted by atomic mass is 10.2. The number of aromatic nitrogens is 1. The van der Waals surface area contributed by atoms with Crippen molar-refractivity contribution >= 4 is 33.4 Å². The van der Waals surface area contributed by atoms with Crippen LogP contribution in [-0.2, 0) is 6.54 Å². The molecule has 4 nitrogen and oxygen atoms in total. The molecule has 2 aromatic rings. The van der Waals surface area contributed by atoms with E-state index in [2.05, 4.69) is 20.9 Å². The molecule has 2 rings (SSSR count). The summed E-state index contributed by atoms with van der Waals surface area (Å²) < 4.78 is 5.89. The van der Waals surface area contributed by atoms with Gasteiger partial charge in [0.25, 0.3) is 5.91 Å². The average Bonchev–Trinajstić information content (AvgIpc) is 2.70. The Hall–Kier alpha value is -1.33. The normalized spacial score (nSPS) is 10.5. The van der Waals surface area contributed by atoms with Crippen molar-refractivity contribution in [3.05, 3.63) is 51.1 Å². The van der Waals surface area contributed by atoms with E-state index < -0.39 is 0 Å². The number of pyridine rings is 1. The molecule has 0 unspecified atom stereocenters. The van der Waals surface area contributed by atoms with Gasteiger partial charge < -0.3 is 9.32 Å². The first-order valence-corrected chi connectivity index (χ1v) is 6.76. The second-order valence-corrected chi connectivity index (χ2v) is 5.38. The number of carbonyl (C=O) groups is 1. The van der Waals surface area contributed by atoms with E-state index in [1.807, 2.05) is 13.0 Å². The predicted octanol–water partition coefficient (Wildman–Crippen LogP) is 3.67. The van der Waals surface area contributed by atoms with Crippen molar-refractivity contribution in [2.24, 2.45) is 0 Å². The van der Waals surface area contributed by atoms with E-state index in [1.165, 1.54) is 0 Å². The summed E-state index contributed by atoms with van der Waals surface area (Å²) in [5, 5.41) is 0.434. The molecule has 2 heterocycles. The Morgan fingerprint density at radius 1 is 1.53 bits per heavy atom. The average molecular weight is 344 g/mol. The minimum absolute atomic E-state index is 0.168. The van der Waals surface area contributed by atoms with Crippen molar-refractivity contribution in [2.45, 2.75) is 13.5 Å². The van der Waals surface area contributed by atoms with Crippen molar-refractivity contribution in [2.75, 3.05) is 7.05 Å². The second kappa shape index (κ2) is 5.75. The third kappa shape index (κ3) is 3.36. The second-order valence-electron chi connectivity index (χ2n) is 4.21. The maximum absolute atomic E-state index is 12.2. The Kier molecular flexibility index (Phi) is 4.27. The van der Waals surface area contributed by atoms with Gasteiger partial charge in [-0.3, -0.25) is 4.79 Å². The SMILES string of the molecule is Cc1cc(Br)oc1C(=O)N(C)Cc1ccc(Cl)nc1. The fourth-order valence-corrected chi connectivity index (χ4v) is 2.29. The van der Waals surface area contributed by atoms with Gasteiger partial charge in [-0.2, -0.15) is 0 Å². The molecule has 0 saturated heterocycles. The molecule has 19 heavy (non-hydrogen) atoms. The number of rotatable bonds is 3. The van der Waals surface area contributed by atoms with Crippen LogP contribution in [0.1, 0.15) is 21.7 Å². The molecule has 0 spiro atoms. The fourth-order valence-electron chi connectivity index (χ4n) is 1.67.